The maximum absolute atomic E-state index is 12.4. The van der Waals surface area contributed by atoms with Crippen LogP contribution in [-0.4, -0.2) is 84.1 Å². The minimum absolute atomic E-state index is 0.107. The predicted molar refractivity (Wildman–Crippen MR) is 94.8 cm³/mol. The fourth-order valence-corrected chi connectivity index (χ4v) is 3.46. The van der Waals surface area contributed by atoms with Crippen LogP contribution in [0.4, 0.5) is 0 Å². The number of hydrogen-bond acceptors (Lipinski definition) is 9. The molecule has 3 rings (SSSR count). The molecule has 0 bridgehead atoms. The van der Waals surface area contributed by atoms with E-state index >= 15 is 0 Å². The minimum Gasteiger partial charge on any atom is -0.391 e. The van der Waals surface area contributed by atoms with Gasteiger partial charge in [-0.15, -0.1) is 0 Å². The molecule has 11 heteroatoms. The Morgan fingerprint density at radius 3 is 2.86 bits per heavy atom. The first-order valence-corrected chi connectivity index (χ1v) is 9.40. The average Bonchev–Trinajstić information content (AvgIpc) is 3.28. The van der Waals surface area contributed by atoms with Crippen molar-refractivity contribution in [2.24, 2.45) is 5.92 Å². The first-order valence-electron chi connectivity index (χ1n) is 9.40. The molecule has 3 N–H and O–H groups in total. The molecule has 1 aliphatic heterocycles. The van der Waals surface area contributed by atoms with E-state index in [9.17, 15) is 14.7 Å². The highest BCUT2D eigenvalue weighted by Gasteiger charge is 2.37. The molecule has 1 aromatic rings. The molecular weight excluding hydrogens is 370 g/mol. The van der Waals surface area contributed by atoms with Gasteiger partial charge in [-0.1, -0.05) is 5.16 Å². The molecular formula is C17H27N5O6. The fourth-order valence-electron chi connectivity index (χ4n) is 3.46. The summed E-state index contributed by atoms with van der Waals surface area (Å²) >= 11 is 0. The summed E-state index contributed by atoms with van der Waals surface area (Å²) in [5.74, 6) is -0.0514. The zero-order chi connectivity index (χ0) is 19.9. The minimum atomic E-state index is -0.749. The molecule has 28 heavy (non-hydrogen) atoms. The Bertz CT molecular complexity index is 662. The molecule has 0 spiro atoms. The number of carbonyl (C=O) groups is 2. The lowest BCUT2D eigenvalue weighted by Crippen LogP contribution is -2.47. The van der Waals surface area contributed by atoms with Gasteiger partial charge in [-0.3, -0.25) is 14.5 Å². The summed E-state index contributed by atoms with van der Waals surface area (Å²) in [5, 5.41) is 19.5. The first kappa shape index (κ1) is 20.6. The Kier molecular flexibility index (Phi) is 7.31. The molecule has 156 valence electrons. The second-order valence-electron chi connectivity index (χ2n) is 7.05. The average molecular weight is 397 g/mol. The van der Waals surface area contributed by atoms with Gasteiger partial charge in [-0.25, -0.2) is 0 Å². The number of nitrogens with one attached hydrogen (secondary N) is 2. The molecule has 1 saturated heterocycles. The largest absolute Gasteiger partial charge is 0.391 e. The number of aromatic nitrogens is 2. The zero-order valence-electron chi connectivity index (χ0n) is 15.9. The van der Waals surface area contributed by atoms with Crippen molar-refractivity contribution in [3.05, 3.63) is 11.7 Å². The van der Waals surface area contributed by atoms with Gasteiger partial charge in [0, 0.05) is 26.1 Å². The van der Waals surface area contributed by atoms with Crippen molar-refractivity contribution in [3.63, 3.8) is 0 Å². The van der Waals surface area contributed by atoms with Gasteiger partial charge in [-0.05, 0) is 12.8 Å². The van der Waals surface area contributed by atoms with Crippen LogP contribution in [0, 0.1) is 5.92 Å². The van der Waals surface area contributed by atoms with Crippen molar-refractivity contribution in [1.82, 2.24) is 25.7 Å². The third-order valence-electron chi connectivity index (χ3n) is 4.91. The highest BCUT2D eigenvalue weighted by Crippen LogP contribution is 2.26. The van der Waals surface area contributed by atoms with E-state index in [1.54, 1.807) is 0 Å². The standard InChI is InChI=1S/C17H27N5O6/c1-26-10-14-20-16(28-21-14)8-18-17(25)11-6-12(13(23)7-11)19-15(24)9-22-2-4-27-5-3-22/h11-13,23H,2-10H2,1H3,(H,18,25)(H,19,24)/t11-,12+,13+/m0/s1. The number of morpholine rings is 1. The Labute approximate surface area is 162 Å². The Balaban J connectivity index is 1.41. The smallest absolute Gasteiger partial charge is 0.246 e. The van der Waals surface area contributed by atoms with Crippen LogP contribution in [0.3, 0.4) is 0 Å². The van der Waals surface area contributed by atoms with Gasteiger partial charge in [0.05, 0.1) is 38.4 Å². The van der Waals surface area contributed by atoms with Crippen LogP contribution in [0.15, 0.2) is 4.52 Å². The van der Waals surface area contributed by atoms with Crippen molar-refractivity contribution in [2.75, 3.05) is 40.0 Å². The lowest BCUT2D eigenvalue weighted by atomic mass is 10.1. The lowest BCUT2D eigenvalue weighted by Gasteiger charge is -2.26. The molecule has 3 atom stereocenters. The number of methoxy groups -OCH3 is 1. The molecule has 2 heterocycles. The van der Waals surface area contributed by atoms with E-state index in [4.69, 9.17) is 14.0 Å². The van der Waals surface area contributed by atoms with Crippen LogP contribution in [0.1, 0.15) is 24.6 Å². The van der Waals surface area contributed by atoms with Crippen molar-refractivity contribution in [2.45, 2.75) is 38.1 Å². The SMILES string of the molecule is COCc1noc(CNC(=O)[C@@H]2C[C@@H](O)[C@H](NC(=O)CN3CCOCC3)C2)n1. The molecule has 2 aliphatic rings. The van der Waals surface area contributed by atoms with Gasteiger partial charge in [0.1, 0.15) is 6.61 Å². The molecule has 2 fully saturated rings. The van der Waals surface area contributed by atoms with E-state index in [1.807, 2.05) is 4.90 Å². The molecule has 0 unspecified atom stereocenters. The molecule has 1 aromatic heterocycles. The lowest BCUT2D eigenvalue weighted by molar-refractivity contribution is -0.126. The van der Waals surface area contributed by atoms with Gasteiger partial charge in [-0.2, -0.15) is 4.98 Å². The number of aliphatic hydroxyl groups excluding tert-OH is 1. The highest BCUT2D eigenvalue weighted by atomic mass is 16.5. The van der Waals surface area contributed by atoms with E-state index < -0.39 is 12.1 Å². The van der Waals surface area contributed by atoms with Gasteiger partial charge < -0.3 is 29.7 Å². The molecule has 1 aliphatic carbocycles. The van der Waals surface area contributed by atoms with Crippen LogP contribution in [0.5, 0.6) is 0 Å². The Morgan fingerprint density at radius 1 is 1.32 bits per heavy atom. The number of amides is 2. The Morgan fingerprint density at radius 2 is 2.11 bits per heavy atom. The summed E-state index contributed by atoms with van der Waals surface area (Å²) in [6, 6.07) is -0.430. The van der Waals surface area contributed by atoms with Crippen molar-refractivity contribution in [1.29, 1.82) is 0 Å². The van der Waals surface area contributed by atoms with Crippen molar-refractivity contribution < 1.29 is 28.7 Å². The maximum Gasteiger partial charge on any atom is 0.246 e. The van der Waals surface area contributed by atoms with Crippen molar-refractivity contribution in [3.8, 4) is 0 Å². The molecule has 0 aromatic carbocycles. The summed E-state index contributed by atoms with van der Waals surface area (Å²) in [4.78, 5) is 30.7. The number of rotatable bonds is 8. The first-order chi connectivity index (χ1) is 13.5. The molecule has 11 nitrogen and oxygen atoms in total. The van der Waals surface area contributed by atoms with Crippen molar-refractivity contribution >= 4 is 11.8 Å². The number of nitrogens with zero attached hydrogens (tertiary/aromatic N) is 3. The van der Waals surface area contributed by atoms with E-state index in [0.29, 0.717) is 45.0 Å². The van der Waals surface area contributed by atoms with Crippen LogP contribution in [-0.2, 0) is 32.2 Å². The fraction of sp³-hybridized carbons (Fsp3) is 0.765. The van der Waals surface area contributed by atoms with E-state index in [2.05, 4.69) is 20.8 Å². The van der Waals surface area contributed by atoms with Gasteiger partial charge in [0.15, 0.2) is 5.82 Å². The number of aliphatic hydroxyl groups is 1. The van der Waals surface area contributed by atoms with Gasteiger partial charge >= 0.3 is 0 Å². The summed E-state index contributed by atoms with van der Waals surface area (Å²) in [6.07, 6.45) is -0.0608. The maximum atomic E-state index is 12.4. The number of ether oxygens (including phenoxy) is 2. The Hall–Kier alpha value is -2.08. The topological polar surface area (TPSA) is 139 Å². The zero-order valence-corrected chi connectivity index (χ0v) is 15.9. The van der Waals surface area contributed by atoms with Gasteiger partial charge in [0.2, 0.25) is 17.7 Å². The normalized spacial score (nSPS) is 25.6. The van der Waals surface area contributed by atoms with E-state index in [1.165, 1.54) is 7.11 Å². The molecule has 1 saturated carbocycles. The third kappa shape index (κ3) is 5.71. The van der Waals surface area contributed by atoms with Gasteiger partial charge in [0.25, 0.3) is 0 Å². The molecule has 0 radical (unpaired) electrons. The predicted octanol–water partition coefficient (Wildman–Crippen LogP) is -1.58. The molecule has 2 amide bonds. The number of hydrogen-bond donors (Lipinski definition) is 3. The summed E-state index contributed by atoms with van der Waals surface area (Å²) in [6.45, 7) is 3.28. The van der Waals surface area contributed by atoms with Crippen LogP contribution in [0.2, 0.25) is 0 Å². The van der Waals surface area contributed by atoms with Crippen LogP contribution in [0.25, 0.3) is 0 Å². The second kappa shape index (κ2) is 9.92. The van der Waals surface area contributed by atoms with E-state index in [-0.39, 0.29) is 43.3 Å². The highest BCUT2D eigenvalue weighted by molar-refractivity contribution is 5.80. The number of carbonyl (C=O) groups excluding carboxylic acids is 2. The third-order valence-corrected chi connectivity index (χ3v) is 4.91. The quantitative estimate of drug-likeness (QED) is 0.474. The summed E-state index contributed by atoms with van der Waals surface area (Å²) < 4.78 is 15.2. The second-order valence-corrected chi connectivity index (χ2v) is 7.05. The monoisotopic (exact) mass is 397 g/mol. The van der Waals surface area contributed by atoms with E-state index in [0.717, 1.165) is 0 Å². The summed E-state index contributed by atoms with van der Waals surface area (Å²) in [5.41, 5.74) is 0. The summed E-state index contributed by atoms with van der Waals surface area (Å²) in [7, 11) is 1.53. The van der Waals surface area contributed by atoms with Crippen LogP contribution >= 0.6 is 0 Å². The van der Waals surface area contributed by atoms with Crippen LogP contribution < -0.4 is 10.6 Å².